The lowest BCUT2D eigenvalue weighted by molar-refractivity contribution is -0.125. The van der Waals surface area contributed by atoms with E-state index in [9.17, 15) is 14.4 Å². The number of unbranched alkanes of at least 4 members (excludes halogenated alkanes) is 3. The minimum atomic E-state index is -1.08. The molecular formula is C20H29ClN2O4. The number of alkyl halides is 1. The van der Waals surface area contributed by atoms with E-state index in [0.29, 0.717) is 12.8 Å². The van der Waals surface area contributed by atoms with Gasteiger partial charge in [-0.15, -0.1) is 11.6 Å². The lowest BCUT2D eigenvalue weighted by Gasteiger charge is -2.19. The zero-order valence-corrected chi connectivity index (χ0v) is 16.5. The fourth-order valence-corrected chi connectivity index (χ4v) is 2.86. The highest BCUT2D eigenvalue weighted by Gasteiger charge is 2.28. The highest BCUT2D eigenvalue weighted by molar-refractivity contribution is 6.32. The van der Waals surface area contributed by atoms with Gasteiger partial charge in [-0.1, -0.05) is 56.5 Å². The maximum atomic E-state index is 12.5. The Labute approximate surface area is 165 Å². The SMILES string of the molecule is CCCCCCOC(=O)N[C@H](CC(N)=O)C(=O)[C@H](Cl)CCc1ccccc1. The van der Waals surface area contributed by atoms with Crippen molar-refractivity contribution in [2.75, 3.05) is 6.61 Å². The van der Waals surface area contributed by atoms with Crippen molar-refractivity contribution < 1.29 is 19.1 Å². The molecule has 0 unspecified atom stereocenters. The Morgan fingerprint density at radius 3 is 2.48 bits per heavy atom. The van der Waals surface area contributed by atoms with E-state index in [-0.39, 0.29) is 13.0 Å². The molecule has 0 saturated heterocycles. The first-order chi connectivity index (χ1) is 12.9. The molecule has 0 heterocycles. The molecule has 0 bridgehead atoms. The van der Waals surface area contributed by atoms with Gasteiger partial charge in [0.05, 0.1) is 18.4 Å². The summed E-state index contributed by atoms with van der Waals surface area (Å²) in [6.07, 6.45) is 3.85. The average Bonchev–Trinajstić information content (AvgIpc) is 2.65. The smallest absolute Gasteiger partial charge is 0.407 e. The standard InChI is InChI=1S/C20H29ClN2O4/c1-2-3-4-8-13-27-20(26)23-17(14-18(22)24)19(25)16(21)12-11-15-9-6-5-7-10-15/h5-7,9-10,16-17H,2-4,8,11-14H2,1H3,(H2,22,24)(H,23,26)/t16-,17-/m1/s1. The Morgan fingerprint density at radius 1 is 1.15 bits per heavy atom. The van der Waals surface area contributed by atoms with Gasteiger partial charge in [0.1, 0.15) is 6.04 Å². The van der Waals surface area contributed by atoms with Gasteiger partial charge in [0, 0.05) is 0 Å². The van der Waals surface area contributed by atoms with Crippen molar-refractivity contribution in [3.05, 3.63) is 35.9 Å². The topological polar surface area (TPSA) is 98.5 Å². The van der Waals surface area contributed by atoms with Gasteiger partial charge in [-0.05, 0) is 24.8 Å². The van der Waals surface area contributed by atoms with Crippen LogP contribution >= 0.6 is 11.6 Å². The molecule has 150 valence electrons. The molecule has 0 aliphatic rings. The molecule has 7 heteroatoms. The van der Waals surface area contributed by atoms with Crippen molar-refractivity contribution >= 4 is 29.4 Å². The van der Waals surface area contributed by atoms with E-state index in [4.69, 9.17) is 22.1 Å². The third-order valence-corrected chi connectivity index (χ3v) is 4.54. The van der Waals surface area contributed by atoms with E-state index >= 15 is 0 Å². The summed E-state index contributed by atoms with van der Waals surface area (Å²) in [4.78, 5) is 35.7. The molecule has 3 N–H and O–H groups in total. The summed E-state index contributed by atoms with van der Waals surface area (Å²) in [6, 6.07) is 8.55. The van der Waals surface area contributed by atoms with E-state index < -0.39 is 29.2 Å². The zero-order valence-electron chi connectivity index (χ0n) is 15.8. The second-order valence-electron chi connectivity index (χ2n) is 6.46. The van der Waals surface area contributed by atoms with E-state index in [2.05, 4.69) is 12.2 Å². The van der Waals surface area contributed by atoms with Crippen LogP contribution in [0.4, 0.5) is 4.79 Å². The number of aryl methyl sites for hydroxylation is 1. The second kappa shape index (κ2) is 13.1. The fourth-order valence-electron chi connectivity index (χ4n) is 2.60. The minimum Gasteiger partial charge on any atom is -0.450 e. The number of amides is 2. The number of nitrogens with two attached hydrogens (primary N) is 1. The van der Waals surface area contributed by atoms with Crippen LogP contribution < -0.4 is 11.1 Å². The molecule has 0 saturated carbocycles. The largest absolute Gasteiger partial charge is 0.450 e. The van der Waals surface area contributed by atoms with Crippen molar-refractivity contribution in [1.82, 2.24) is 5.32 Å². The van der Waals surface area contributed by atoms with Crippen molar-refractivity contribution in [3.63, 3.8) is 0 Å². The summed E-state index contributed by atoms with van der Waals surface area (Å²) < 4.78 is 5.06. The van der Waals surface area contributed by atoms with Crippen LogP contribution in [0.3, 0.4) is 0 Å². The summed E-state index contributed by atoms with van der Waals surface area (Å²) >= 11 is 6.21. The van der Waals surface area contributed by atoms with Crippen LogP contribution in [0.5, 0.6) is 0 Å². The Kier molecular flexibility index (Phi) is 11.2. The molecule has 0 aliphatic heterocycles. The second-order valence-corrected chi connectivity index (χ2v) is 6.98. The third-order valence-electron chi connectivity index (χ3n) is 4.11. The molecule has 1 aromatic carbocycles. The normalized spacial score (nSPS) is 12.8. The number of benzene rings is 1. The van der Waals surface area contributed by atoms with E-state index in [1.54, 1.807) is 0 Å². The van der Waals surface area contributed by atoms with Crippen molar-refractivity contribution in [2.45, 2.75) is 63.3 Å². The number of ether oxygens (including phenoxy) is 1. The summed E-state index contributed by atoms with van der Waals surface area (Å²) in [5, 5.41) is 1.59. The highest BCUT2D eigenvalue weighted by Crippen LogP contribution is 2.13. The van der Waals surface area contributed by atoms with Crippen LogP contribution in [0.2, 0.25) is 0 Å². The van der Waals surface area contributed by atoms with Crippen LogP contribution in [0.15, 0.2) is 30.3 Å². The van der Waals surface area contributed by atoms with E-state index in [1.165, 1.54) is 0 Å². The van der Waals surface area contributed by atoms with Gasteiger partial charge in [-0.3, -0.25) is 9.59 Å². The van der Waals surface area contributed by atoms with E-state index in [0.717, 1.165) is 31.2 Å². The van der Waals surface area contributed by atoms with Crippen LogP contribution in [0, 0.1) is 0 Å². The first kappa shape index (κ1) is 23.0. The van der Waals surface area contributed by atoms with Gasteiger partial charge in [0.25, 0.3) is 0 Å². The van der Waals surface area contributed by atoms with Crippen LogP contribution in [0.25, 0.3) is 0 Å². The molecule has 0 radical (unpaired) electrons. The van der Waals surface area contributed by atoms with Gasteiger partial charge in [0.2, 0.25) is 5.91 Å². The van der Waals surface area contributed by atoms with Crippen molar-refractivity contribution in [2.24, 2.45) is 5.73 Å². The quantitative estimate of drug-likeness (QED) is 0.394. The molecule has 0 aliphatic carbocycles. The molecular weight excluding hydrogens is 368 g/mol. The average molecular weight is 397 g/mol. The van der Waals surface area contributed by atoms with E-state index in [1.807, 2.05) is 30.3 Å². The first-order valence-corrected chi connectivity index (χ1v) is 9.81. The molecule has 6 nitrogen and oxygen atoms in total. The molecule has 0 spiro atoms. The number of carbonyl (C=O) groups excluding carboxylic acids is 3. The first-order valence-electron chi connectivity index (χ1n) is 9.37. The van der Waals surface area contributed by atoms with Crippen molar-refractivity contribution in [3.8, 4) is 0 Å². The number of hydrogen-bond acceptors (Lipinski definition) is 4. The monoisotopic (exact) mass is 396 g/mol. The fraction of sp³-hybridized carbons (Fsp3) is 0.550. The zero-order chi connectivity index (χ0) is 20.1. The maximum Gasteiger partial charge on any atom is 0.407 e. The lowest BCUT2D eigenvalue weighted by atomic mass is 10.0. The lowest BCUT2D eigenvalue weighted by Crippen LogP contribution is -2.46. The number of rotatable bonds is 13. The van der Waals surface area contributed by atoms with Gasteiger partial charge in [0.15, 0.2) is 5.78 Å². The maximum absolute atomic E-state index is 12.5. The highest BCUT2D eigenvalue weighted by atomic mass is 35.5. The van der Waals surface area contributed by atoms with Crippen LogP contribution in [-0.4, -0.2) is 35.8 Å². The Bertz CT molecular complexity index is 595. The molecule has 27 heavy (non-hydrogen) atoms. The predicted molar refractivity (Wildman–Crippen MR) is 106 cm³/mol. The summed E-state index contributed by atoms with van der Waals surface area (Å²) in [7, 11) is 0. The van der Waals surface area contributed by atoms with Crippen molar-refractivity contribution in [1.29, 1.82) is 0 Å². The summed E-state index contributed by atoms with van der Waals surface area (Å²) in [6.45, 7) is 2.36. The molecule has 2 amide bonds. The van der Waals surface area contributed by atoms with Gasteiger partial charge < -0.3 is 15.8 Å². The molecule has 0 fully saturated rings. The molecule has 1 rings (SSSR count). The number of alkyl carbamates (subject to hydrolysis) is 1. The molecule has 2 atom stereocenters. The molecule has 0 aromatic heterocycles. The Balaban J connectivity index is 2.51. The number of Topliss-reactive ketones (excluding diaryl/α,β-unsaturated/α-hetero) is 1. The third kappa shape index (κ3) is 9.99. The van der Waals surface area contributed by atoms with Crippen LogP contribution in [-0.2, 0) is 20.7 Å². The minimum absolute atomic E-state index is 0.266. The Morgan fingerprint density at radius 2 is 1.85 bits per heavy atom. The number of nitrogens with one attached hydrogen (secondary N) is 1. The van der Waals surface area contributed by atoms with Gasteiger partial charge in [-0.25, -0.2) is 4.79 Å². The number of primary amides is 1. The summed E-state index contributed by atoms with van der Waals surface area (Å²) in [5.74, 6) is -1.13. The Hall–Kier alpha value is -2.08. The van der Waals surface area contributed by atoms with Gasteiger partial charge >= 0.3 is 6.09 Å². The van der Waals surface area contributed by atoms with Crippen LogP contribution in [0.1, 0.15) is 51.0 Å². The molecule has 1 aromatic rings. The number of hydrogen-bond donors (Lipinski definition) is 2. The number of ketones is 1. The number of halogens is 1. The summed E-state index contributed by atoms with van der Waals surface area (Å²) in [5.41, 5.74) is 6.26. The number of carbonyl (C=O) groups is 3. The van der Waals surface area contributed by atoms with Gasteiger partial charge in [-0.2, -0.15) is 0 Å². The predicted octanol–water partition coefficient (Wildman–Crippen LogP) is 3.35.